The van der Waals surface area contributed by atoms with E-state index >= 15 is 0 Å². The van der Waals surface area contributed by atoms with Crippen LogP contribution >= 0.6 is 24.0 Å². The van der Waals surface area contributed by atoms with Crippen LogP contribution in [0.4, 0.5) is 10.1 Å². The molecule has 0 radical (unpaired) electrons. The van der Waals surface area contributed by atoms with Gasteiger partial charge in [0.25, 0.3) is 0 Å². The van der Waals surface area contributed by atoms with Crippen LogP contribution in [0.5, 0.6) is 0 Å². The highest BCUT2D eigenvalue weighted by Crippen LogP contribution is 2.35. The first-order chi connectivity index (χ1) is 14.3. The summed E-state index contributed by atoms with van der Waals surface area (Å²) in [6.45, 7) is 5.51. The largest absolute Gasteiger partial charge is 0.319 e. The van der Waals surface area contributed by atoms with Crippen LogP contribution in [-0.4, -0.2) is 31.9 Å². The number of ketones is 1. The molecule has 0 saturated heterocycles. The molecule has 0 saturated carbocycles. The molecule has 10 heteroatoms. The van der Waals surface area contributed by atoms with E-state index in [1.54, 1.807) is 24.3 Å². The molecule has 0 aromatic heterocycles. The van der Waals surface area contributed by atoms with E-state index in [0.717, 1.165) is 12.1 Å². The second-order valence-corrected chi connectivity index (χ2v) is 11.3. The van der Waals surface area contributed by atoms with E-state index in [9.17, 15) is 22.4 Å². The fourth-order valence-corrected chi connectivity index (χ4v) is 5.14. The topological polar surface area (TPSA) is 97.5 Å². The van der Waals surface area contributed by atoms with Crippen LogP contribution in [0.3, 0.4) is 0 Å². The molecule has 1 amide bonds. The van der Waals surface area contributed by atoms with E-state index in [4.69, 9.17) is 17.3 Å². The number of rotatable bonds is 4. The Kier molecular flexibility index (Phi) is 7.77. The first kappa shape index (κ1) is 26.3. The molecule has 174 valence electrons. The molecule has 2 N–H and O–H groups in total. The van der Waals surface area contributed by atoms with Crippen molar-refractivity contribution in [1.29, 1.82) is 0 Å². The zero-order valence-corrected chi connectivity index (χ0v) is 20.3. The van der Waals surface area contributed by atoms with Gasteiger partial charge < -0.3 is 10.6 Å². The average Bonchev–Trinajstić information content (AvgIpc) is 2.70. The van der Waals surface area contributed by atoms with Crippen LogP contribution in [0.15, 0.2) is 41.3 Å². The van der Waals surface area contributed by atoms with E-state index in [2.05, 4.69) is 0 Å². The van der Waals surface area contributed by atoms with Gasteiger partial charge in [-0.1, -0.05) is 44.5 Å². The summed E-state index contributed by atoms with van der Waals surface area (Å²) in [5.41, 5.74) is 5.83. The first-order valence-corrected chi connectivity index (χ1v) is 11.7. The maximum absolute atomic E-state index is 14.8. The number of amides is 1. The van der Waals surface area contributed by atoms with E-state index in [-0.39, 0.29) is 41.5 Å². The van der Waals surface area contributed by atoms with Gasteiger partial charge in [-0.2, -0.15) is 0 Å². The summed E-state index contributed by atoms with van der Waals surface area (Å²) in [6, 6.07) is 7.31. The van der Waals surface area contributed by atoms with Gasteiger partial charge in [-0.25, -0.2) is 12.8 Å². The fourth-order valence-electron chi connectivity index (χ4n) is 3.45. The Morgan fingerprint density at radius 1 is 1.22 bits per heavy atom. The zero-order chi connectivity index (χ0) is 23.1. The Morgan fingerprint density at radius 3 is 2.38 bits per heavy atom. The Labute approximate surface area is 198 Å². The fraction of sp³-hybridized carbons (Fsp3) is 0.364. The van der Waals surface area contributed by atoms with Gasteiger partial charge in [0.1, 0.15) is 5.82 Å². The Hall–Kier alpha value is -2.00. The number of nitrogens with two attached hydrogens (primary N) is 1. The lowest BCUT2D eigenvalue weighted by Crippen LogP contribution is -2.45. The molecule has 1 aliphatic rings. The molecule has 0 unspecified atom stereocenters. The summed E-state index contributed by atoms with van der Waals surface area (Å²) in [7, 11) is -4.05. The second kappa shape index (κ2) is 9.47. The SMILES string of the molecule is CC(C)(C)CC(=O)c1cc2c(cc1F)S(=O)(=O)C[C@H](N)C(=O)N2Cc1ccc(Cl)cc1.Cl. The lowest BCUT2D eigenvalue weighted by molar-refractivity contribution is -0.119. The molecule has 6 nitrogen and oxygen atoms in total. The van der Waals surface area contributed by atoms with Gasteiger partial charge >= 0.3 is 0 Å². The average molecular weight is 503 g/mol. The van der Waals surface area contributed by atoms with Gasteiger partial charge in [0.05, 0.1) is 34.5 Å². The number of carbonyl (C=O) groups is 2. The second-order valence-electron chi connectivity index (χ2n) is 8.90. The highest BCUT2D eigenvalue weighted by molar-refractivity contribution is 7.91. The Bertz CT molecular complexity index is 1150. The summed E-state index contributed by atoms with van der Waals surface area (Å²) < 4.78 is 40.5. The molecule has 1 atom stereocenters. The molecule has 3 rings (SSSR count). The van der Waals surface area contributed by atoms with Gasteiger partial charge in [0, 0.05) is 11.4 Å². The monoisotopic (exact) mass is 502 g/mol. The molecule has 0 fully saturated rings. The van der Waals surface area contributed by atoms with Crippen LogP contribution in [-0.2, 0) is 21.2 Å². The number of carbonyl (C=O) groups excluding carboxylic acids is 2. The normalized spacial score (nSPS) is 17.9. The van der Waals surface area contributed by atoms with Crippen LogP contribution in [0.2, 0.25) is 5.02 Å². The van der Waals surface area contributed by atoms with Gasteiger partial charge in [0.15, 0.2) is 15.6 Å². The summed E-state index contributed by atoms with van der Waals surface area (Å²) in [5, 5.41) is 0.503. The lowest BCUT2D eigenvalue weighted by Gasteiger charge is -2.25. The lowest BCUT2D eigenvalue weighted by atomic mass is 9.87. The van der Waals surface area contributed by atoms with Crippen LogP contribution < -0.4 is 10.6 Å². The smallest absolute Gasteiger partial charge is 0.245 e. The molecule has 0 aliphatic carbocycles. The standard InChI is InChI=1S/C22H24ClFN2O4S.ClH/c1-22(2,3)10-19(27)15-8-18-20(9-16(15)24)31(29,30)12-17(25)21(28)26(18)11-13-4-6-14(23)7-5-13;/h4-9,17H,10-12,25H2,1-3H3;1H/t17-;/m0./s1. The van der Waals surface area contributed by atoms with Crippen molar-refractivity contribution in [1.82, 2.24) is 0 Å². The summed E-state index contributed by atoms with van der Waals surface area (Å²) in [4.78, 5) is 26.6. The number of halogens is 3. The van der Waals surface area contributed by atoms with Crippen molar-refractivity contribution in [3.8, 4) is 0 Å². The number of anilines is 1. The van der Waals surface area contributed by atoms with Crippen molar-refractivity contribution < 1.29 is 22.4 Å². The number of hydrogen-bond donors (Lipinski definition) is 1. The van der Waals surface area contributed by atoms with Crippen molar-refractivity contribution in [3.05, 3.63) is 58.4 Å². The number of hydrogen-bond acceptors (Lipinski definition) is 5. The molecule has 2 aromatic rings. The Balaban J connectivity index is 0.00000363. The highest BCUT2D eigenvalue weighted by Gasteiger charge is 2.37. The van der Waals surface area contributed by atoms with Gasteiger partial charge in [0.2, 0.25) is 5.91 Å². The molecule has 0 bridgehead atoms. The zero-order valence-electron chi connectivity index (χ0n) is 17.9. The molecular formula is C22H25Cl2FN2O4S. The van der Waals surface area contributed by atoms with Gasteiger partial charge in [-0.3, -0.25) is 9.59 Å². The van der Waals surface area contributed by atoms with Gasteiger partial charge in [-0.05, 0) is 35.2 Å². The third-order valence-corrected chi connectivity index (χ3v) is 6.95. The molecule has 1 heterocycles. The third kappa shape index (κ3) is 5.67. The summed E-state index contributed by atoms with van der Waals surface area (Å²) in [6.07, 6.45) is 0.0557. The highest BCUT2D eigenvalue weighted by atomic mass is 35.5. The Morgan fingerprint density at radius 2 is 1.81 bits per heavy atom. The quantitative estimate of drug-likeness (QED) is 0.632. The summed E-state index contributed by atoms with van der Waals surface area (Å²) >= 11 is 5.92. The predicted molar refractivity (Wildman–Crippen MR) is 125 cm³/mol. The van der Waals surface area contributed by atoms with E-state index < -0.39 is 44.6 Å². The minimum absolute atomic E-state index is 0. The molecule has 0 spiro atoms. The van der Waals surface area contributed by atoms with Crippen LogP contribution in [0, 0.1) is 11.2 Å². The third-order valence-electron chi connectivity index (χ3n) is 4.90. The maximum atomic E-state index is 14.8. The number of benzene rings is 2. The van der Waals surface area contributed by atoms with E-state index in [1.807, 2.05) is 20.8 Å². The van der Waals surface area contributed by atoms with Crippen molar-refractivity contribution in [3.63, 3.8) is 0 Å². The van der Waals surface area contributed by atoms with E-state index in [1.165, 1.54) is 4.90 Å². The maximum Gasteiger partial charge on any atom is 0.245 e. The molecule has 1 aliphatic heterocycles. The minimum Gasteiger partial charge on any atom is -0.319 e. The molecule has 2 aromatic carbocycles. The van der Waals surface area contributed by atoms with Crippen molar-refractivity contribution >= 4 is 51.2 Å². The van der Waals surface area contributed by atoms with Crippen LogP contribution in [0.1, 0.15) is 43.1 Å². The van der Waals surface area contributed by atoms with Crippen molar-refractivity contribution in [2.45, 2.75) is 44.7 Å². The number of Topliss-reactive ketones (excluding diaryl/α,β-unsaturated/α-hetero) is 1. The van der Waals surface area contributed by atoms with Crippen molar-refractivity contribution in [2.75, 3.05) is 10.7 Å². The van der Waals surface area contributed by atoms with E-state index in [0.29, 0.717) is 10.6 Å². The molecule has 32 heavy (non-hydrogen) atoms. The van der Waals surface area contributed by atoms with Gasteiger partial charge in [-0.15, -0.1) is 12.4 Å². The predicted octanol–water partition coefficient (Wildman–Crippen LogP) is 4.17. The van der Waals surface area contributed by atoms with Crippen LogP contribution in [0.25, 0.3) is 0 Å². The number of sulfone groups is 1. The van der Waals surface area contributed by atoms with Crippen molar-refractivity contribution in [2.24, 2.45) is 11.1 Å². The number of fused-ring (bicyclic) bond motifs is 1. The minimum atomic E-state index is -4.05. The first-order valence-electron chi connectivity index (χ1n) is 9.69. The molecular weight excluding hydrogens is 478 g/mol. The number of nitrogens with zero attached hydrogens (tertiary/aromatic N) is 1. The summed E-state index contributed by atoms with van der Waals surface area (Å²) in [5.74, 6) is -2.69.